The summed E-state index contributed by atoms with van der Waals surface area (Å²) in [5.74, 6) is 0.290. The summed E-state index contributed by atoms with van der Waals surface area (Å²) in [6, 6.07) is 12.9. The number of benzene rings is 1. The van der Waals surface area contributed by atoms with Crippen LogP contribution in [-0.2, 0) is 12.8 Å². The van der Waals surface area contributed by atoms with E-state index in [4.69, 9.17) is 10.7 Å². The number of pyridine rings is 1. The first-order chi connectivity index (χ1) is 16.0. The number of hydrogen-bond donors (Lipinski definition) is 2. The molecule has 0 saturated heterocycles. The number of nitrogens with zero attached hydrogens (tertiary/aromatic N) is 1. The Morgan fingerprint density at radius 1 is 1.21 bits per heavy atom. The quantitative estimate of drug-likeness (QED) is 0.266. The average Bonchev–Trinajstić information content (AvgIpc) is 3.45. The molecule has 5 rings (SSSR count). The lowest BCUT2D eigenvalue weighted by atomic mass is 9.87. The van der Waals surface area contributed by atoms with Crippen molar-refractivity contribution in [3.05, 3.63) is 80.5 Å². The van der Waals surface area contributed by atoms with Crippen LogP contribution >= 0.6 is 22.7 Å². The molecule has 3 aromatic heterocycles. The molecule has 1 aromatic carbocycles. The van der Waals surface area contributed by atoms with E-state index < -0.39 is 0 Å². The van der Waals surface area contributed by atoms with Gasteiger partial charge in [-0.25, -0.2) is 4.98 Å². The van der Waals surface area contributed by atoms with E-state index in [9.17, 15) is 9.59 Å². The second-order valence-electron chi connectivity index (χ2n) is 8.38. The number of nitrogens with one attached hydrogen (secondary N) is 1. The zero-order valence-electron chi connectivity index (χ0n) is 18.1. The SMILES string of the molecule is C[C@@H]1CCc2nc3sc(C(=O)Nc4ccc(C(=O)/C=C/c5cccs5)cc4)c(N)c3cc2C1. The summed E-state index contributed by atoms with van der Waals surface area (Å²) >= 11 is 2.90. The summed E-state index contributed by atoms with van der Waals surface area (Å²) in [5, 5.41) is 5.72. The molecule has 0 saturated carbocycles. The number of rotatable bonds is 5. The summed E-state index contributed by atoms with van der Waals surface area (Å²) in [5.41, 5.74) is 10.4. The number of thiophene rings is 2. The number of fused-ring (bicyclic) bond motifs is 2. The van der Waals surface area contributed by atoms with Crippen molar-refractivity contribution < 1.29 is 9.59 Å². The van der Waals surface area contributed by atoms with E-state index in [1.54, 1.807) is 47.8 Å². The highest BCUT2D eigenvalue weighted by Crippen LogP contribution is 2.36. The molecule has 0 radical (unpaired) electrons. The van der Waals surface area contributed by atoms with Gasteiger partial charge in [-0.1, -0.05) is 13.0 Å². The van der Waals surface area contributed by atoms with Gasteiger partial charge in [-0.15, -0.1) is 22.7 Å². The van der Waals surface area contributed by atoms with Crippen molar-refractivity contribution in [2.45, 2.75) is 26.2 Å². The van der Waals surface area contributed by atoms with E-state index >= 15 is 0 Å². The van der Waals surface area contributed by atoms with Crippen LogP contribution in [0, 0.1) is 5.92 Å². The molecule has 0 aliphatic heterocycles. The third-order valence-electron chi connectivity index (χ3n) is 5.91. The average molecular weight is 474 g/mol. The molecule has 166 valence electrons. The topological polar surface area (TPSA) is 85.1 Å². The number of amides is 1. The van der Waals surface area contributed by atoms with Gasteiger partial charge in [0.25, 0.3) is 5.91 Å². The normalized spacial score (nSPS) is 15.6. The van der Waals surface area contributed by atoms with Crippen molar-refractivity contribution >= 4 is 62.0 Å². The fourth-order valence-corrected chi connectivity index (χ4v) is 5.70. The van der Waals surface area contributed by atoms with Crippen molar-refractivity contribution in [1.82, 2.24) is 4.98 Å². The van der Waals surface area contributed by atoms with Crippen molar-refractivity contribution in [3.8, 4) is 0 Å². The van der Waals surface area contributed by atoms with Crippen LogP contribution in [0.2, 0.25) is 0 Å². The molecule has 1 atom stereocenters. The molecule has 5 nitrogen and oxygen atoms in total. The first-order valence-corrected chi connectivity index (χ1v) is 12.6. The Morgan fingerprint density at radius 2 is 2.03 bits per heavy atom. The van der Waals surface area contributed by atoms with Gasteiger partial charge >= 0.3 is 0 Å². The molecule has 3 N–H and O–H groups in total. The van der Waals surface area contributed by atoms with Gasteiger partial charge in [-0.2, -0.15) is 0 Å². The van der Waals surface area contributed by atoms with Crippen molar-refractivity contribution in [2.24, 2.45) is 5.92 Å². The van der Waals surface area contributed by atoms with Crippen LogP contribution in [0.1, 0.15) is 49.5 Å². The number of anilines is 2. The zero-order chi connectivity index (χ0) is 22.9. The number of allylic oxidation sites excluding steroid dienone is 1. The third kappa shape index (κ3) is 4.47. The molecule has 33 heavy (non-hydrogen) atoms. The van der Waals surface area contributed by atoms with Crippen LogP contribution in [0.25, 0.3) is 16.3 Å². The van der Waals surface area contributed by atoms with Crippen LogP contribution in [0.5, 0.6) is 0 Å². The maximum Gasteiger partial charge on any atom is 0.267 e. The Hall–Kier alpha value is -3.29. The lowest BCUT2D eigenvalue weighted by molar-refractivity contribution is 0.102. The molecule has 0 fully saturated rings. The molecule has 3 heterocycles. The summed E-state index contributed by atoms with van der Waals surface area (Å²) in [4.78, 5) is 32.4. The van der Waals surface area contributed by atoms with Gasteiger partial charge in [0.1, 0.15) is 9.71 Å². The van der Waals surface area contributed by atoms with Gasteiger partial charge in [0.15, 0.2) is 5.78 Å². The van der Waals surface area contributed by atoms with Crippen LogP contribution in [0.3, 0.4) is 0 Å². The van der Waals surface area contributed by atoms with Crippen molar-refractivity contribution in [2.75, 3.05) is 11.1 Å². The lowest BCUT2D eigenvalue weighted by Crippen LogP contribution is -2.13. The molecule has 0 unspecified atom stereocenters. The first-order valence-electron chi connectivity index (χ1n) is 10.9. The second kappa shape index (κ2) is 8.92. The van der Waals surface area contributed by atoms with Crippen molar-refractivity contribution in [1.29, 1.82) is 0 Å². The maximum absolute atomic E-state index is 12.9. The minimum Gasteiger partial charge on any atom is -0.397 e. The van der Waals surface area contributed by atoms with Crippen LogP contribution in [-0.4, -0.2) is 16.7 Å². The predicted octanol–water partition coefficient (Wildman–Crippen LogP) is 6.21. The van der Waals surface area contributed by atoms with Gasteiger partial charge < -0.3 is 11.1 Å². The number of carbonyl (C=O) groups excluding carboxylic acids is 2. The van der Waals surface area contributed by atoms with E-state index in [-0.39, 0.29) is 11.7 Å². The van der Waals surface area contributed by atoms with Gasteiger partial charge in [0.05, 0.1) is 5.69 Å². The van der Waals surface area contributed by atoms with E-state index in [0.717, 1.165) is 40.1 Å². The van der Waals surface area contributed by atoms with Gasteiger partial charge in [0.2, 0.25) is 0 Å². The number of hydrogen-bond acceptors (Lipinski definition) is 6. The van der Waals surface area contributed by atoms with Crippen LogP contribution < -0.4 is 11.1 Å². The van der Waals surface area contributed by atoms with E-state index in [1.807, 2.05) is 17.5 Å². The molecule has 7 heteroatoms. The zero-order valence-corrected chi connectivity index (χ0v) is 19.8. The largest absolute Gasteiger partial charge is 0.397 e. The highest BCUT2D eigenvalue weighted by Gasteiger charge is 2.22. The fourth-order valence-electron chi connectivity index (χ4n) is 4.09. The second-order valence-corrected chi connectivity index (χ2v) is 10.4. The lowest BCUT2D eigenvalue weighted by Gasteiger charge is -2.20. The maximum atomic E-state index is 12.9. The molecule has 0 spiro atoms. The molecular weight excluding hydrogens is 450 g/mol. The summed E-state index contributed by atoms with van der Waals surface area (Å²) in [7, 11) is 0. The molecule has 1 aliphatic carbocycles. The predicted molar refractivity (Wildman–Crippen MR) is 137 cm³/mol. The Kier molecular flexibility index (Phi) is 5.83. The smallest absolute Gasteiger partial charge is 0.267 e. The van der Waals surface area contributed by atoms with Crippen LogP contribution in [0.4, 0.5) is 11.4 Å². The van der Waals surface area contributed by atoms with Crippen molar-refractivity contribution in [3.63, 3.8) is 0 Å². The third-order valence-corrected chi connectivity index (χ3v) is 7.86. The number of nitrogen functional groups attached to an aromatic ring is 1. The first kappa shape index (κ1) is 21.6. The Bertz CT molecular complexity index is 1370. The summed E-state index contributed by atoms with van der Waals surface area (Å²) in [6.07, 6.45) is 6.48. The fraction of sp³-hybridized carbons (Fsp3) is 0.192. The van der Waals surface area contributed by atoms with Crippen LogP contribution in [0.15, 0.2) is 53.9 Å². The minimum atomic E-state index is -0.265. The number of aryl methyl sites for hydroxylation is 1. The van der Waals surface area contributed by atoms with Gasteiger partial charge in [0, 0.05) is 27.2 Å². The monoisotopic (exact) mass is 473 g/mol. The summed E-state index contributed by atoms with van der Waals surface area (Å²) < 4.78 is 0. The molecular formula is C26H23N3O2S2. The molecule has 1 aliphatic rings. The minimum absolute atomic E-state index is 0.0839. The number of carbonyl (C=O) groups is 2. The molecule has 0 bridgehead atoms. The molecule has 1 amide bonds. The van der Waals surface area contributed by atoms with E-state index in [0.29, 0.717) is 27.7 Å². The Balaban J connectivity index is 1.32. The highest BCUT2D eigenvalue weighted by molar-refractivity contribution is 7.21. The Morgan fingerprint density at radius 3 is 2.79 bits per heavy atom. The molecule has 4 aromatic rings. The number of nitrogens with two attached hydrogens (primary N) is 1. The highest BCUT2D eigenvalue weighted by atomic mass is 32.1. The summed E-state index contributed by atoms with van der Waals surface area (Å²) in [6.45, 7) is 2.25. The number of ketones is 1. The standard InChI is InChI=1S/C26H23N3O2S2/c1-15-4-10-21-17(13-15)14-20-23(27)24(33-26(20)29-21)25(31)28-18-7-5-16(6-8-18)22(30)11-9-19-3-2-12-32-19/h2-3,5-9,11-12,14-15H,4,10,13,27H2,1H3,(H,28,31)/b11-9+/t15-/m1/s1. The van der Waals surface area contributed by atoms with E-state index in [2.05, 4.69) is 18.3 Å². The van der Waals surface area contributed by atoms with Gasteiger partial charge in [-0.3, -0.25) is 9.59 Å². The van der Waals surface area contributed by atoms with E-state index in [1.165, 1.54) is 16.9 Å². The van der Waals surface area contributed by atoms with Gasteiger partial charge in [-0.05, 0) is 84.7 Å². The number of aromatic nitrogens is 1. The Labute approximate surface area is 200 Å².